The van der Waals surface area contributed by atoms with Crippen LogP contribution in [0.4, 0.5) is 0 Å². The molecule has 1 rings (SSSR count). The average molecular weight is 234 g/mol. The van der Waals surface area contributed by atoms with Gasteiger partial charge in [-0.05, 0) is 12.8 Å². The zero-order valence-electron chi connectivity index (χ0n) is 8.61. The number of hydrogen-bond acceptors (Lipinski definition) is 6. The van der Waals surface area contributed by atoms with Crippen molar-refractivity contribution >= 4 is 8.81 Å². The summed E-state index contributed by atoms with van der Waals surface area (Å²) < 4.78 is 10.9. The van der Waals surface area contributed by atoms with Crippen LogP contribution in [0.5, 0.6) is 0 Å². The van der Waals surface area contributed by atoms with Gasteiger partial charge in [-0.25, -0.2) is 0 Å². The molecule has 15 heavy (non-hydrogen) atoms. The highest BCUT2D eigenvalue weighted by molar-refractivity contribution is 7.37. The van der Waals surface area contributed by atoms with Crippen LogP contribution in [0, 0.1) is 0 Å². The second-order valence-corrected chi connectivity index (χ2v) is 4.51. The number of hydrogen-bond donors (Lipinski definition) is 4. The second kappa shape index (κ2) is 6.12. The Morgan fingerprint density at radius 3 is 2.47 bits per heavy atom. The first kappa shape index (κ1) is 12.5. The van der Waals surface area contributed by atoms with Crippen molar-refractivity contribution in [3.05, 3.63) is 11.3 Å². The first-order valence-electron chi connectivity index (χ1n) is 4.87. The smallest absolute Gasteiger partial charge is 0.120 e. The lowest BCUT2D eigenvalue weighted by Gasteiger charge is -2.15. The van der Waals surface area contributed by atoms with Crippen LogP contribution < -0.4 is 22.9 Å². The summed E-state index contributed by atoms with van der Waals surface area (Å²) in [5.74, 6) is 0.112. The Morgan fingerprint density at radius 2 is 2.00 bits per heavy atom. The maximum absolute atomic E-state index is 5.59. The molecular formula is C8H19N4O2P. The normalized spacial score (nSPS) is 18.2. The van der Waals surface area contributed by atoms with Crippen LogP contribution in [0.15, 0.2) is 11.3 Å². The molecule has 0 radical (unpaired) electrons. The van der Waals surface area contributed by atoms with E-state index in [2.05, 4.69) is 0 Å². The van der Waals surface area contributed by atoms with Gasteiger partial charge in [0, 0.05) is 6.54 Å². The minimum atomic E-state index is -0.0585. The van der Waals surface area contributed by atoms with Gasteiger partial charge in [0.25, 0.3) is 0 Å². The van der Waals surface area contributed by atoms with Crippen molar-refractivity contribution in [2.75, 3.05) is 13.2 Å². The number of ether oxygens (including phenoxy) is 1. The predicted molar refractivity (Wildman–Crippen MR) is 60.8 cm³/mol. The van der Waals surface area contributed by atoms with Crippen LogP contribution in [0.25, 0.3) is 0 Å². The molecule has 0 heterocycles. The van der Waals surface area contributed by atoms with Crippen molar-refractivity contribution in [3.8, 4) is 0 Å². The molecule has 0 saturated heterocycles. The van der Waals surface area contributed by atoms with Gasteiger partial charge in [0.1, 0.15) is 5.82 Å². The Hall–Kier alpha value is -0.550. The van der Waals surface area contributed by atoms with Gasteiger partial charge >= 0.3 is 0 Å². The molecule has 0 aromatic carbocycles. The summed E-state index contributed by atoms with van der Waals surface area (Å²) in [6.07, 6.45) is 2.56. The fraction of sp³-hybridized carbons (Fsp3) is 0.750. The Labute approximate surface area is 91.2 Å². The van der Waals surface area contributed by atoms with Crippen LogP contribution in [-0.4, -0.2) is 25.4 Å². The van der Waals surface area contributed by atoms with Crippen molar-refractivity contribution in [3.63, 3.8) is 0 Å². The van der Waals surface area contributed by atoms with Gasteiger partial charge in [-0.2, -0.15) is 0 Å². The van der Waals surface area contributed by atoms with E-state index in [0.717, 1.165) is 12.8 Å². The SMILES string of the molecule is NCC(COPC(N)=C(N)N)OC1CC1. The van der Waals surface area contributed by atoms with Gasteiger partial charge in [-0.1, -0.05) is 0 Å². The van der Waals surface area contributed by atoms with E-state index in [4.69, 9.17) is 32.2 Å². The van der Waals surface area contributed by atoms with E-state index in [1.807, 2.05) is 0 Å². The molecule has 1 fully saturated rings. The van der Waals surface area contributed by atoms with Gasteiger partial charge in [0.05, 0.1) is 33.1 Å². The van der Waals surface area contributed by atoms with E-state index >= 15 is 0 Å². The molecule has 0 aliphatic heterocycles. The van der Waals surface area contributed by atoms with Crippen LogP contribution in [0.3, 0.4) is 0 Å². The minimum Gasteiger partial charge on any atom is -0.394 e. The molecule has 0 amide bonds. The van der Waals surface area contributed by atoms with Crippen molar-refractivity contribution in [1.29, 1.82) is 0 Å². The first-order chi connectivity index (χ1) is 7.13. The topological polar surface area (TPSA) is 123 Å². The molecule has 0 aromatic rings. The summed E-state index contributed by atoms with van der Waals surface area (Å²) in [6, 6.07) is 0. The second-order valence-electron chi connectivity index (χ2n) is 3.48. The maximum Gasteiger partial charge on any atom is 0.120 e. The van der Waals surface area contributed by atoms with E-state index in [1.165, 1.54) is 0 Å². The predicted octanol–water partition coefficient (Wildman–Crippen LogP) is -0.894. The van der Waals surface area contributed by atoms with Gasteiger partial charge in [-0.3, -0.25) is 0 Å². The summed E-state index contributed by atoms with van der Waals surface area (Å²) in [5, 5.41) is 0. The zero-order chi connectivity index (χ0) is 11.3. The highest BCUT2D eigenvalue weighted by Crippen LogP contribution is 2.26. The van der Waals surface area contributed by atoms with Gasteiger partial charge < -0.3 is 32.2 Å². The molecule has 0 spiro atoms. The average Bonchev–Trinajstić information content (AvgIpc) is 2.99. The van der Waals surface area contributed by atoms with Gasteiger partial charge in [0.2, 0.25) is 0 Å². The molecule has 88 valence electrons. The summed E-state index contributed by atoms with van der Waals surface area (Å²) in [4.78, 5) is 0. The van der Waals surface area contributed by atoms with E-state index < -0.39 is 0 Å². The molecule has 0 aromatic heterocycles. The minimum absolute atomic E-state index is 0.0290. The highest BCUT2D eigenvalue weighted by Gasteiger charge is 2.25. The monoisotopic (exact) mass is 234 g/mol. The molecular weight excluding hydrogens is 215 g/mol. The Balaban J connectivity index is 2.13. The Bertz CT molecular complexity index is 229. The summed E-state index contributed by atoms with van der Waals surface area (Å²) >= 11 is 0. The highest BCUT2D eigenvalue weighted by atomic mass is 31.1. The van der Waals surface area contributed by atoms with Gasteiger partial charge in [-0.15, -0.1) is 0 Å². The fourth-order valence-corrected chi connectivity index (χ4v) is 1.45. The fourth-order valence-electron chi connectivity index (χ4n) is 0.910. The van der Waals surface area contributed by atoms with E-state index in [9.17, 15) is 0 Å². The molecule has 1 aliphatic rings. The quantitative estimate of drug-likeness (QED) is 0.424. The van der Waals surface area contributed by atoms with Crippen molar-refractivity contribution in [2.24, 2.45) is 22.9 Å². The van der Waals surface area contributed by atoms with Crippen LogP contribution in [-0.2, 0) is 9.26 Å². The third-order valence-corrected chi connectivity index (χ3v) is 2.75. The molecule has 2 atom stereocenters. The van der Waals surface area contributed by atoms with Crippen LogP contribution >= 0.6 is 8.81 Å². The van der Waals surface area contributed by atoms with Crippen molar-refractivity contribution in [1.82, 2.24) is 0 Å². The van der Waals surface area contributed by atoms with E-state index in [1.54, 1.807) is 0 Å². The third kappa shape index (κ3) is 5.18. The molecule has 8 N–H and O–H groups in total. The molecule has 0 bridgehead atoms. The maximum atomic E-state index is 5.59. The lowest BCUT2D eigenvalue weighted by atomic mass is 10.4. The molecule has 7 heteroatoms. The van der Waals surface area contributed by atoms with Crippen LogP contribution in [0.1, 0.15) is 12.8 Å². The summed E-state index contributed by atoms with van der Waals surface area (Å²) in [5.41, 5.74) is 22.0. The summed E-state index contributed by atoms with van der Waals surface area (Å²) in [7, 11) is -0.0290. The van der Waals surface area contributed by atoms with E-state index in [0.29, 0.717) is 24.7 Å². The molecule has 2 unspecified atom stereocenters. The van der Waals surface area contributed by atoms with Crippen molar-refractivity contribution < 1.29 is 9.26 Å². The standard InChI is InChI=1S/C8H19N4O2P/c9-3-6(14-5-1-2-5)4-13-15-8(12)7(10)11/h5-6,15H,1-4,9-12H2. The largest absolute Gasteiger partial charge is 0.394 e. The lowest BCUT2D eigenvalue weighted by Crippen LogP contribution is -2.28. The Kier molecular flexibility index (Phi) is 5.11. The number of rotatable bonds is 7. The van der Waals surface area contributed by atoms with Crippen molar-refractivity contribution in [2.45, 2.75) is 25.0 Å². The van der Waals surface area contributed by atoms with Gasteiger partial charge in [0.15, 0.2) is 0 Å². The van der Waals surface area contributed by atoms with E-state index in [-0.39, 0.29) is 20.7 Å². The zero-order valence-corrected chi connectivity index (χ0v) is 9.61. The van der Waals surface area contributed by atoms with Crippen LogP contribution in [0.2, 0.25) is 0 Å². The third-order valence-electron chi connectivity index (χ3n) is 1.93. The Morgan fingerprint density at radius 1 is 1.33 bits per heavy atom. The summed E-state index contributed by atoms with van der Waals surface area (Å²) in [6.45, 7) is 0.877. The number of nitrogens with two attached hydrogens (primary N) is 4. The lowest BCUT2D eigenvalue weighted by molar-refractivity contribution is 0.0186. The first-order valence-corrected chi connectivity index (χ1v) is 5.78. The molecule has 1 saturated carbocycles. The molecule has 6 nitrogen and oxygen atoms in total. The molecule has 1 aliphatic carbocycles.